The van der Waals surface area contributed by atoms with Crippen molar-refractivity contribution in [2.24, 2.45) is 5.73 Å². The van der Waals surface area contributed by atoms with Crippen molar-refractivity contribution in [2.75, 3.05) is 11.1 Å². The van der Waals surface area contributed by atoms with E-state index in [1.807, 2.05) is 12.1 Å². The number of nitrogen functional groups attached to an aromatic ring is 1. The van der Waals surface area contributed by atoms with E-state index in [0.717, 1.165) is 5.56 Å². The highest BCUT2D eigenvalue weighted by atomic mass is 16.1. The van der Waals surface area contributed by atoms with Crippen LogP contribution in [-0.4, -0.2) is 10.9 Å². The molecule has 0 radical (unpaired) electrons. The van der Waals surface area contributed by atoms with Gasteiger partial charge in [0.15, 0.2) is 0 Å². The van der Waals surface area contributed by atoms with E-state index in [4.69, 9.17) is 11.5 Å². The minimum atomic E-state index is -0.470. The van der Waals surface area contributed by atoms with Crippen LogP contribution in [-0.2, 0) is 6.54 Å². The molecule has 1 amide bonds. The molecule has 1 heterocycles. The van der Waals surface area contributed by atoms with E-state index >= 15 is 0 Å². The highest BCUT2D eigenvalue weighted by Crippen LogP contribution is 2.20. The molecule has 0 spiro atoms. The monoisotopic (exact) mass is 242 g/mol. The number of pyridine rings is 1. The van der Waals surface area contributed by atoms with Crippen LogP contribution in [0.2, 0.25) is 0 Å². The molecule has 5 heteroatoms. The lowest BCUT2D eigenvalue weighted by molar-refractivity contribution is 0.100. The average Bonchev–Trinajstić information content (AvgIpc) is 2.38. The third kappa shape index (κ3) is 2.76. The summed E-state index contributed by atoms with van der Waals surface area (Å²) in [6.45, 7) is 0.606. The fraction of sp³-hybridized carbons (Fsp3) is 0.0769. The van der Waals surface area contributed by atoms with E-state index in [2.05, 4.69) is 10.3 Å². The number of nitrogens with one attached hydrogen (secondary N) is 1. The predicted octanol–water partition coefficient (Wildman–Crippen LogP) is 1.37. The van der Waals surface area contributed by atoms with E-state index in [-0.39, 0.29) is 0 Å². The topological polar surface area (TPSA) is 94.0 Å². The second-order valence-corrected chi connectivity index (χ2v) is 3.88. The van der Waals surface area contributed by atoms with Crippen molar-refractivity contribution in [2.45, 2.75) is 6.54 Å². The molecule has 1 aromatic carbocycles. The molecule has 0 saturated heterocycles. The fourth-order valence-electron chi connectivity index (χ4n) is 1.56. The summed E-state index contributed by atoms with van der Waals surface area (Å²) in [6, 6.07) is 8.73. The number of primary amides is 1. The summed E-state index contributed by atoms with van der Waals surface area (Å²) in [4.78, 5) is 15.0. The standard InChI is InChI=1S/C13H14N4O/c14-11-2-1-10(13(15)18)7-12(11)17-8-9-3-5-16-6-4-9/h1-7,17H,8,14H2,(H2,15,18). The molecule has 92 valence electrons. The van der Waals surface area contributed by atoms with Crippen LogP contribution < -0.4 is 16.8 Å². The zero-order chi connectivity index (χ0) is 13.0. The summed E-state index contributed by atoms with van der Waals surface area (Å²) >= 11 is 0. The first-order valence-electron chi connectivity index (χ1n) is 5.49. The quantitative estimate of drug-likeness (QED) is 0.706. The summed E-state index contributed by atoms with van der Waals surface area (Å²) in [5, 5.41) is 3.16. The largest absolute Gasteiger partial charge is 0.397 e. The van der Waals surface area contributed by atoms with Gasteiger partial charge in [-0.3, -0.25) is 9.78 Å². The van der Waals surface area contributed by atoms with Gasteiger partial charge in [-0.05, 0) is 35.9 Å². The Morgan fingerprint density at radius 2 is 1.94 bits per heavy atom. The smallest absolute Gasteiger partial charge is 0.248 e. The molecule has 5 nitrogen and oxygen atoms in total. The van der Waals surface area contributed by atoms with Gasteiger partial charge < -0.3 is 16.8 Å². The van der Waals surface area contributed by atoms with Gasteiger partial charge in [-0.15, -0.1) is 0 Å². The number of benzene rings is 1. The minimum absolute atomic E-state index is 0.432. The third-order valence-corrected chi connectivity index (χ3v) is 2.57. The molecule has 0 unspecified atom stereocenters. The molecule has 0 atom stereocenters. The number of anilines is 2. The number of hydrogen-bond acceptors (Lipinski definition) is 4. The van der Waals surface area contributed by atoms with Crippen LogP contribution in [0, 0.1) is 0 Å². The highest BCUT2D eigenvalue weighted by Gasteiger charge is 2.04. The van der Waals surface area contributed by atoms with Crippen molar-refractivity contribution in [3.8, 4) is 0 Å². The molecule has 5 N–H and O–H groups in total. The molecule has 2 aromatic rings. The third-order valence-electron chi connectivity index (χ3n) is 2.57. The van der Waals surface area contributed by atoms with Crippen molar-refractivity contribution in [1.82, 2.24) is 4.98 Å². The van der Waals surface area contributed by atoms with Gasteiger partial charge in [0.2, 0.25) is 5.91 Å². The summed E-state index contributed by atoms with van der Waals surface area (Å²) in [7, 11) is 0. The Balaban J connectivity index is 2.14. The van der Waals surface area contributed by atoms with E-state index in [1.165, 1.54) is 0 Å². The van der Waals surface area contributed by atoms with Crippen molar-refractivity contribution >= 4 is 17.3 Å². The Bertz CT molecular complexity index is 554. The number of nitrogens with two attached hydrogens (primary N) is 2. The van der Waals surface area contributed by atoms with E-state index < -0.39 is 5.91 Å². The van der Waals surface area contributed by atoms with E-state index in [9.17, 15) is 4.79 Å². The summed E-state index contributed by atoms with van der Waals surface area (Å²) in [5.74, 6) is -0.470. The molecular weight excluding hydrogens is 228 g/mol. The van der Waals surface area contributed by atoms with Crippen molar-refractivity contribution in [3.63, 3.8) is 0 Å². The number of amides is 1. The Morgan fingerprint density at radius 3 is 2.61 bits per heavy atom. The van der Waals surface area contributed by atoms with Gasteiger partial charge in [0.05, 0.1) is 11.4 Å². The normalized spacial score (nSPS) is 10.0. The van der Waals surface area contributed by atoms with Crippen molar-refractivity contribution < 1.29 is 4.79 Å². The molecule has 0 fully saturated rings. The lowest BCUT2D eigenvalue weighted by Gasteiger charge is -2.10. The molecule has 0 aliphatic rings. The minimum Gasteiger partial charge on any atom is -0.397 e. The van der Waals surface area contributed by atoms with Gasteiger partial charge in [-0.2, -0.15) is 0 Å². The SMILES string of the molecule is NC(=O)c1ccc(N)c(NCc2ccncc2)c1. The van der Waals surface area contributed by atoms with Crippen LogP contribution in [0.3, 0.4) is 0 Å². The van der Waals surface area contributed by atoms with Gasteiger partial charge in [0, 0.05) is 24.5 Å². The maximum atomic E-state index is 11.1. The Morgan fingerprint density at radius 1 is 1.22 bits per heavy atom. The van der Waals surface area contributed by atoms with Crippen LogP contribution in [0.15, 0.2) is 42.7 Å². The summed E-state index contributed by atoms with van der Waals surface area (Å²) in [5.41, 5.74) is 13.8. The molecule has 1 aromatic heterocycles. The van der Waals surface area contributed by atoms with Crippen LogP contribution in [0.25, 0.3) is 0 Å². The van der Waals surface area contributed by atoms with Crippen LogP contribution >= 0.6 is 0 Å². The lowest BCUT2D eigenvalue weighted by Crippen LogP contribution is -2.12. The Hall–Kier alpha value is -2.56. The average molecular weight is 242 g/mol. The summed E-state index contributed by atoms with van der Waals surface area (Å²) < 4.78 is 0. The zero-order valence-electron chi connectivity index (χ0n) is 9.76. The second kappa shape index (κ2) is 5.18. The molecule has 2 rings (SSSR count). The predicted molar refractivity (Wildman–Crippen MR) is 70.9 cm³/mol. The van der Waals surface area contributed by atoms with Gasteiger partial charge in [-0.25, -0.2) is 0 Å². The first kappa shape index (κ1) is 11.9. The number of rotatable bonds is 4. The van der Waals surface area contributed by atoms with Gasteiger partial charge >= 0.3 is 0 Å². The van der Waals surface area contributed by atoms with Gasteiger partial charge in [-0.1, -0.05) is 0 Å². The molecule has 18 heavy (non-hydrogen) atoms. The fourth-order valence-corrected chi connectivity index (χ4v) is 1.56. The lowest BCUT2D eigenvalue weighted by atomic mass is 10.1. The van der Waals surface area contributed by atoms with E-state index in [0.29, 0.717) is 23.5 Å². The van der Waals surface area contributed by atoms with Crippen LogP contribution in [0.1, 0.15) is 15.9 Å². The van der Waals surface area contributed by atoms with Gasteiger partial charge in [0.1, 0.15) is 0 Å². The van der Waals surface area contributed by atoms with Crippen molar-refractivity contribution in [1.29, 1.82) is 0 Å². The zero-order valence-corrected chi connectivity index (χ0v) is 9.76. The highest BCUT2D eigenvalue weighted by molar-refractivity contribution is 5.94. The Labute approximate surface area is 105 Å². The van der Waals surface area contributed by atoms with Gasteiger partial charge in [0.25, 0.3) is 0 Å². The van der Waals surface area contributed by atoms with E-state index in [1.54, 1.807) is 30.6 Å². The van der Waals surface area contributed by atoms with Crippen LogP contribution in [0.4, 0.5) is 11.4 Å². The number of nitrogens with zero attached hydrogens (tertiary/aromatic N) is 1. The second-order valence-electron chi connectivity index (χ2n) is 3.88. The number of carbonyl (C=O) groups is 1. The van der Waals surface area contributed by atoms with Crippen molar-refractivity contribution in [3.05, 3.63) is 53.9 Å². The first-order chi connectivity index (χ1) is 8.66. The van der Waals surface area contributed by atoms with Crippen LogP contribution in [0.5, 0.6) is 0 Å². The molecule has 0 saturated carbocycles. The Kier molecular flexibility index (Phi) is 3.43. The maximum absolute atomic E-state index is 11.1. The summed E-state index contributed by atoms with van der Waals surface area (Å²) in [6.07, 6.45) is 3.44. The number of carbonyl (C=O) groups excluding carboxylic acids is 1. The molecule has 0 aliphatic heterocycles. The molecule has 0 aliphatic carbocycles. The number of hydrogen-bond donors (Lipinski definition) is 3. The number of aromatic nitrogens is 1. The maximum Gasteiger partial charge on any atom is 0.248 e. The molecule has 0 bridgehead atoms. The first-order valence-corrected chi connectivity index (χ1v) is 5.49. The molecular formula is C13H14N4O.